The van der Waals surface area contributed by atoms with Gasteiger partial charge in [0.2, 0.25) is 0 Å². The van der Waals surface area contributed by atoms with Crippen LogP contribution in [-0.4, -0.2) is 18.2 Å². The van der Waals surface area contributed by atoms with E-state index in [0.717, 1.165) is 11.8 Å². The number of nitrogens with one attached hydrogen (secondary N) is 1. The summed E-state index contributed by atoms with van der Waals surface area (Å²) in [6.45, 7) is 5.76. The van der Waals surface area contributed by atoms with Gasteiger partial charge in [0, 0.05) is 5.56 Å². The summed E-state index contributed by atoms with van der Waals surface area (Å²) in [6, 6.07) is 6.84. The average molecular weight is 219 g/mol. The molecule has 1 N–H and O–H groups in total. The van der Waals surface area contributed by atoms with Gasteiger partial charge in [0.1, 0.15) is 6.29 Å². The highest BCUT2D eigenvalue weighted by molar-refractivity contribution is 5.95. The Bertz CT molecular complexity index is 368. The predicted molar refractivity (Wildman–Crippen MR) is 63.3 cm³/mol. The van der Waals surface area contributed by atoms with Gasteiger partial charge in [-0.2, -0.15) is 0 Å². The summed E-state index contributed by atoms with van der Waals surface area (Å²) in [6.07, 6.45) is 0.775. The van der Waals surface area contributed by atoms with Crippen LogP contribution in [0.15, 0.2) is 24.3 Å². The lowest BCUT2D eigenvalue weighted by Gasteiger charge is -2.16. The fourth-order valence-corrected chi connectivity index (χ4v) is 1.30. The van der Waals surface area contributed by atoms with Gasteiger partial charge in [0.05, 0.1) is 6.04 Å². The van der Waals surface area contributed by atoms with Crippen molar-refractivity contribution in [2.24, 2.45) is 5.92 Å². The molecule has 1 rings (SSSR count). The molecule has 0 saturated heterocycles. The SMILES string of the molecule is Cc1ccc(C(=O)N[C@H](C=O)C(C)C)cc1. The second kappa shape index (κ2) is 5.45. The van der Waals surface area contributed by atoms with Gasteiger partial charge >= 0.3 is 0 Å². The van der Waals surface area contributed by atoms with Gasteiger partial charge in [-0.15, -0.1) is 0 Å². The maximum Gasteiger partial charge on any atom is 0.251 e. The third-order valence-electron chi connectivity index (χ3n) is 2.48. The first-order valence-corrected chi connectivity index (χ1v) is 5.37. The maximum absolute atomic E-state index is 11.8. The Morgan fingerprint density at radius 2 is 1.81 bits per heavy atom. The number of amides is 1. The quantitative estimate of drug-likeness (QED) is 0.787. The summed E-state index contributed by atoms with van der Waals surface area (Å²) in [7, 11) is 0. The van der Waals surface area contributed by atoms with Crippen molar-refractivity contribution < 1.29 is 9.59 Å². The van der Waals surface area contributed by atoms with Crippen molar-refractivity contribution in [3.63, 3.8) is 0 Å². The van der Waals surface area contributed by atoms with Crippen molar-refractivity contribution in [3.05, 3.63) is 35.4 Å². The van der Waals surface area contributed by atoms with Gasteiger partial charge in [0.25, 0.3) is 5.91 Å². The minimum atomic E-state index is -0.422. The topological polar surface area (TPSA) is 46.2 Å². The van der Waals surface area contributed by atoms with Crippen molar-refractivity contribution in [3.8, 4) is 0 Å². The number of benzene rings is 1. The van der Waals surface area contributed by atoms with Crippen LogP contribution in [0.4, 0.5) is 0 Å². The second-order valence-corrected chi connectivity index (χ2v) is 4.25. The first-order chi connectivity index (χ1) is 7.54. The van der Waals surface area contributed by atoms with E-state index in [9.17, 15) is 9.59 Å². The van der Waals surface area contributed by atoms with Crippen molar-refractivity contribution in [1.29, 1.82) is 0 Å². The van der Waals surface area contributed by atoms with Gasteiger partial charge in [-0.3, -0.25) is 4.79 Å². The van der Waals surface area contributed by atoms with Gasteiger partial charge in [-0.05, 0) is 25.0 Å². The fraction of sp³-hybridized carbons (Fsp3) is 0.385. The number of carbonyl (C=O) groups is 2. The smallest absolute Gasteiger partial charge is 0.251 e. The lowest BCUT2D eigenvalue weighted by atomic mass is 10.1. The first-order valence-electron chi connectivity index (χ1n) is 5.37. The molecule has 1 aromatic carbocycles. The summed E-state index contributed by atoms with van der Waals surface area (Å²) in [4.78, 5) is 22.5. The van der Waals surface area contributed by atoms with Crippen LogP contribution in [0.5, 0.6) is 0 Å². The molecular weight excluding hydrogens is 202 g/mol. The normalized spacial score (nSPS) is 12.2. The first kappa shape index (κ1) is 12.4. The van der Waals surface area contributed by atoms with E-state index in [2.05, 4.69) is 5.32 Å². The van der Waals surface area contributed by atoms with E-state index in [1.54, 1.807) is 12.1 Å². The zero-order valence-corrected chi connectivity index (χ0v) is 9.86. The summed E-state index contributed by atoms with van der Waals surface area (Å²) in [5.41, 5.74) is 1.69. The molecule has 0 aliphatic rings. The van der Waals surface area contributed by atoms with Crippen LogP contribution < -0.4 is 5.32 Å². The van der Waals surface area contributed by atoms with Crippen LogP contribution in [0.2, 0.25) is 0 Å². The molecule has 3 nitrogen and oxygen atoms in total. The molecule has 1 aromatic rings. The van der Waals surface area contributed by atoms with Crippen LogP contribution in [0, 0.1) is 12.8 Å². The van der Waals surface area contributed by atoms with Gasteiger partial charge in [0.15, 0.2) is 0 Å². The molecule has 16 heavy (non-hydrogen) atoms. The van der Waals surface area contributed by atoms with Crippen LogP contribution in [-0.2, 0) is 4.79 Å². The van der Waals surface area contributed by atoms with Crippen LogP contribution in [0.25, 0.3) is 0 Å². The van der Waals surface area contributed by atoms with E-state index in [1.807, 2.05) is 32.9 Å². The van der Waals surface area contributed by atoms with E-state index in [4.69, 9.17) is 0 Å². The molecule has 1 atom stereocenters. The minimum Gasteiger partial charge on any atom is -0.342 e. The van der Waals surface area contributed by atoms with Gasteiger partial charge in [-0.1, -0.05) is 31.5 Å². The molecule has 0 heterocycles. The highest BCUT2D eigenvalue weighted by Gasteiger charge is 2.15. The third kappa shape index (κ3) is 3.19. The Balaban J connectivity index is 2.71. The number of carbonyl (C=O) groups excluding carboxylic acids is 2. The second-order valence-electron chi connectivity index (χ2n) is 4.25. The van der Waals surface area contributed by atoms with E-state index < -0.39 is 6.04 Å². The van der Waals surface area contributed by atoms with Gasteiger partial charge in [-0.25, -0.2) is 0 Å². The van der Waals surface area contributed by atoms with Crippen LogP contribution in [0.3, 0.4) is 0 Å². The molecule has 0 spiro atoms. The molecule has 0 saturated carbocycles. The molecule has 0 aliphatic heterocycles. The predicted octanol–water partition coefficient (Wildman–Crippen LogP) is 1.95. The number of hydrogen-bond donors (Lipinski definition) is 1. The third-order valence-corrected chi connectivity index (χ3v) is 2.48. The minimum absolute atomic E-state index is 0.104. The van der Waals surface area contributed by atoms with Crippen molar-refractivity contribution >= 4 is 12.2 Å². The Hall–Kier alpha value is -1.64. The van der Waals surface area contributed by atoms with Crippen LogP contribution in [0.1, 0.15) is 29.8 Å². The highest BCUT2D eigenvalue weighted by atomic mass is 16.2. The van der Waals surface area contributed by atoms with E-state index in [1.165, 1.54) is 0 Å². The molecule has 1 amide bonds. The Kier molecular flexibility index (Phi) is 4.23. The molecule has 0 unspecified atom stereocenters. The van der Waals surface area contributed by atoms with Crippen molar-refractivity contribution in [2.75, 3.05) is 0 Å². The summed E-state index contributed by atoms with van der Waals surface area (Å²) in [5.74, 6) is -0.0994. The Labute approximate surface area is 95.9 Å². The van der Waals surface area contributed by atoms with Gasteiger partial charge < -0.3 is 10.1 Å². The molecule has 3 heteroatoms. The molecular formula is C13H17NO2. The largest absolute Gasteiger partial charge is 0.342 e. The molecule has 0 bridgehead atoms. The standard InChI is InChI=1S/C13H17NO2/c1-9(2)12(8-15)14-13(16)11-6-4-10(3)5-7-11/h4-9,12H,1-3H3,(H,14,16)/t12-/m1/s1. The number of aryl methyl sites for hydroxylation is 1. The number of rotatable bonds is 4. The Morgan fingerprint density at radius 3 is 2.25 bits per heavy atom. The van der Waals surface area contributed by atoms with E-state index in [-0.39, 0.29) is 11.8 Å². The highest BCUT2D eigenvalue weighted by Crippen LogP contribution is 2.05. The fourth-order valence-electron chi connectivity index (χ4n) is 1.30. The Morgan fingerprint density at radius 1 is 1.25 bits per heavy atom. The number of aldehydes is 1. The molecule has 0 radical (unpaired) electrons. The summed E-state index contributed by atoms with van der Waals surface area (Å²) < 4.78 is 0. The molecule has 0 fully saturated rings. The van der Waals surface area contributed by atoms with Crippen molar-refractivity contribution in [2.45, 2.75) is 26.8 Å². The number of hydrogen-bond acceptors (Lipinski definition) is 2. The summed E-state index contributed by atoms with van der Waals surface area (Å²) in [5, 5.41) is 2.69. The van der Waals surface area contributed by atoms with E-state index >= 15 is 0 Å². The zero-order chi connectivity index (χ0) is 12.1. The van der Waals surface area contributed by atoms with Crippen molar-refractivity contribution in [1.82, 2.24) is 5.32 Å². The molecule has 86 valence electrons. The lowest BCUT2D eigenvalue weighted by Crippen LogP contribution is -2.39. The zero-order valence-electron chi connectivity index (χ0n) is 9.86. The molecule has 0 aliphatic carbocycles. The van der Waals surface area contributed by atoms with E-state index in [0.29, 0.717) is 5.56 Å². The molecule has 0 aromatic heterocycles. The lowest BCUT2D eigenvalue weighted by molar-refractivity contribution is -0.110. The average Bonchev–Trinajstić information content (AvgIpc) is 2.26. The monoisotopic (exact) mass is 219 g/mol. The summed E-state index contributed by atoms with van der Waals surface area (Å²) >= 11 is 0. The van der Waals surface area contributed by atoms with Crippen LogP contribution >= 0.6 is 0 Å². The maximum atomic E-state index is 11.8.